The van der Waals surface area contributed by atoms with E-state index in [2.05, 4.69) is 42.8 Å². The molecule has 0 aliphatic carbocycles. The normalized spacial score (nSPS) is 10.4. The Morgan fingerprint density at radius 1 is 1.35 bits per heavy atom. The lowest BCUT2D eigenvalue weighted by atomic mass is 10.0. The maximum Gasteiger partial charge on any atom is 0.263 e. The van der Waals surface area contributed by atoms with Crippen LogP contribution in [0.15, 0.2) is 43.2 Å². The van der Waals surface area contributed by atoms with Gasteiger partial charge in [0.2, 0.25) is 0 Å². The molecule has 1 heterocycles. The Morgan fingerprint density at radius 2 is 2.18 bits per heavy atom. The van der Waals surface area contributed by atoms with E-state index in [-0.39, 0.29) is 0 Å². The van der Waals surface area contributed by atoms with E-state index in [1.54, 1.807) is 0 Å². The third-order valence-corrected chi connectivity index (χ3v) is 2.90. The van der Waals surface area contributed by atoms with Gasteiger partial charge in [0.15, 0.2) is 0 Å². The second kappa shape index (κ2) is 5.48. The smallest absolute Gasteiger partial charge is 0.247 e. The van der Waals surface area contributed by atoms with Gasteiger partial charge in [0, 0.05) is 0 Å². The van der Waals surface area contributed by atoms with Gasteiger partial charge in [-0.25, -0.2) is 9.55 Å². The first-order valence-electron chi connectivity index (χ1n) is 6.11. The van der Waals surface area contributed by atoms with Gasteiger partial charge in [0.25, 0.3) is 5.82 Å². The molecule has 1 aromatic heterocycles. The first-order chi connectivity index (χ1) is 8.33. The number of nitrogens with zero attached hydrogens (tertiary/aromatic N) is 1. The predicted molar refractivity (Wildman–Crippen MR) is 70.6 cm³/mol. The summed E-state index contributed by atoms with van der Waals surface area (Å²) < 4.78 is 2.02. The molecule has 0 radical (unpaired) electrons. The van der Waals surface area contributed by atoms with Crippen molar-refractivity contribution in [3.05, 3.63) is 60.2 Å². The molecule has 1 aromatic carbocycles. The standard InChI is InChI=1S/C15H18N2/c1-3-6-13-7-5-8-14(11-13)12-15-16-9-10-17(15)4-2/h4-5,7-11H,2-3,6,12H2,1H3/p+1. The van der Waals surface area contributed by atoms with E-state index in [0.29, 0.717) is 0 Å². The van der Waals surface area contributed by atoms with E-state index in [1.165, 1.54) is 17.5 Å². The number of aromatic amines is 1. The zero-order chi connectivity index (χ0) is 12.1. The van der Waals surface area contributed by atoms with Gasteiger partial charge in [-0.2, -0.15) is 0 Å². The Bertz CT molecular complexity index is 497. The van der Waals surface area contributed by atoms with Crippen molar-refractivity contribution in [2.75, 3.05) is 0 Å². The zero-order valence-corrected chi connectivity index (χ0v) is 10.3. The highest BCUT2D eigenvalue weighted by Crippen LogP contribution is 2.10. The van der Waals surface area contributed by atoms with E-state index < -0.39 is 0 Å². The fourth-order valence-electron chi connectivity index (χ4n) is 2.07. The highest BCUT2D eigenvalue weighted by Gasteiger charge is 2.08. The van der Waals surface area contributed by atoms with Crippen molar-refractivity contribution in [1.82, 2.24) is 4.98 Å². The summed E-state index contributed by atoms with van der Waals surface area (Å²) in [4.78, 5) is 3.25. The van der Waals surface area contributed by atoms with Gasteiger partial charge in [-0.05, 0) is 17.5 Å². The van der Waals surface area contributed by atoms with Crippen molar-refractivity contribution >= 4 is 6.20 Å². The van der Waals surface area contributed by atoms with Crippen LogP contribution >= 0.6 is 0 Å². The Labute approximate surface area is 103 Å². The van der Waals surface area contributed by atoms with Crippen LogP contribution in [0.25, 0.3) is 6.20 Å². The predicted octanol–water partition coefficient (Wildman–Crippen LogP) is 2.95. The number of aromatic nitrogens is 2. The fraction of sp³-hybridized carbons (Fsp3) is 0.267. The van der Waals surface area contributed by atoms with Gasteiger partial charge < -0.3 is 0 Å². The molecule has 0 fully saturated rings. The summed E-state index contributed by atoms with van der Waals surface area (Å²) in [6, 6.07) is 8.80. The Balaban J connectivity index is 2.18. The Kier molecular flexibility index (Phi) is 3.76. The highest BCUT2D eigenvalue weighted by atomic mass is 15.0. The first-order valence-corrected chi connectivity index (χ1v) is 6.11. The molecule has 2 nitrogen and oxygen atoms in total. The van der Waals surface area contributed by atoms with E-state index >= 15 is 0 Å². The first kappa shape index (κ1) is 11.6. The molecule has 17 heavy (non-hydrogen) atoms. The number of benzene rings is 1. The monoisotopic (exact) mass is 227 g/mol. The average Bonchev–Trinajstić information content (AvgIpc) is 2.77. The Hall–Kier alpha value is -1.83. The molecule has 0 saturated carbocycles. The summed E-state index contributed by atoms with van der Waals surface area (Å²) >= 11 is 0. The van der Waals surface area contributed by atoms with Crippen LogP contribution in [0.4, 0.5) is 0 Å². The molecule has 2 rings (SSSR count). The van der Waals surface area contributed by atoms with Crippen molar-refractivity contribution in [2.45, 2.75) is 26.2 Å². The number of nitrogens with one attached hydrogen (secondary N) is 1. The minimum absolute atomic E-state index is 0.913. The molecule has 2 heteroatoms. The summed E-state index contributed by atoms with van der Waals surface area (Å²) in [5, 5.41) is 0. The SMILES string of the molecule is C=C[n+]1cc[nH]c1Cc1cccc(CCC)c1. The Morgan fingerprint density at radius 3 is 2.94 bits per heavy atom. The maximum absolute atomic E-state index is 3.80. The fourth-order valence-corrected chi connectivity index (χ4v) is 2.07. The van der Waals surface area contributed by atoms with Crippen molar-refractivity contribution in [3.63, 3.8) is 0 Å². The van der Waals surface area contributed by atoms with Crippen LogP contribution in [0, 0.1) is 0 Å². The molecule has 2 aromatic rings. The quantitative estimate of drug-likeness (QED) is 0.758. The molecular weight excluding hydrogens is 208 g/mol. The second-order valence-electron chi connectivity index (χ2n) is 4.24. The van der Waals surface area contributed by atoms with Crippen LogP contribution in [-0.2, 0) is 12.8 Å². The molecule has 0 aliphatic rings. The zero-order valence-electron chi connectivity index (χ0n) is 10.3. The number of imidazole rings is 1. The van der Waals surface area contributed by atoms with Crippen LogP contribution in [0.2, 0.25) is 0 Å². The molecule has 0 saturated heterocycles. The third kappa shape index (κ3) is 2.84. The molecule has 0 unspecified atom stereocenters. The molecule has 0 spiro atoms. The molecule has 0 bridgehead atoms. The van der Waals surface area contributed by atoms with Gasteiger partial charge in [0.05, 0.1) is 12.6 Å². The largest absolute Gasteiger partial charge is 0.263 e. The maximum atomic E-state index is 3.80. The van der Waals surface area contributed by atoms with E-state index in [0.717, 1.165) is 18.7 Å². The van der Waals surface area contributed by atoms with Crippen LogP contribution in [-0.4, -0.2) is 4.98 Å². The van der Waals surface area contributed by atoms with Gasteiger partial charge >= 0.3 is 0 Å². The number of H-pyrrole nitrogens is 1. The number of hydrogen-bond acceptors (Lipinski definition) is 0. The van der Waals surface area contributed by atoms with Crippen molar-refractivity contribution in [1.29, 1.82) is 0 Å². The lowest BCUT2D eigenvalue weighted by Crippen LogP contribution is -2.28. The van der Waals surface area contributed by atoms with Gasteiger partial charge in [-0.15, -0.1) is 0 Å². The van der Waals surface area contributed by atoms with Crippen molar-refractivity contribution in [2.24, 2.45) is 0 Å². The van der Waals surface area contributed by atoms with Gasteiger partial charge in [0.1, 0.15) is 12.4 Å². The molecular formula is C15H19N2+. The van der Waals surface area contributed by atoms with Crippen LogP contribution in [0.1, 0.15) is 30.3 Å². The van der Waals surface area contributed by atoms with E-state index in [4.69, 9.17) is 0 Å². The van der Waals surface area contributed by atoms with Crippen LogP contribution < -0.4 is 4.57 Å². The minimum atomic E-state index is 0.913. The highest BCUT2D eigenvalue weighted by molar-refractivity contribution is 5.25. The van der Waals surface area contributed by atoms with Crippen LogP contribution in [0.3, 0.4) is 0 Å². The molecule has 0 amide bonds. The molecule has 0 atom stereocenters. The number of hydrogen-bond donors (Lipinski definition) is 1. The summed E-state index contributed by atoms with van der Waals surface area (Å²) in [7, 11) is 0. The van der Waals surface area contributed by atoms with E-state index in [9.17, 15) is 0 Å². The molecule has 88 valence electrons. The summed E-state index contributed by atoms with van der Waals surface area (Å²) in [5.74, 6) is 1.16. The van der Waals surface area contributed by atoms with Gasteiger partial charge in [-0.1, -0.05) is 44.2 Å². The third-order valence-electron chi connectivity index (χ3n) is 2.90. The summed E-state index contributed by atoms with van der Waals surface area (Å²) in [6.45, 7) is 6.01. The average molecular weight is 227 g/mol. The number of aryl methyl sites for hydroxylation is 1. The van der Waals surface area contributed by atoms with Gasteiger partial charge in [-0.3, -0.25) is 0 Å². The molecule has 0 aliphatic heterocycles. The minimum Gasteiger partial charge on any atom is -0.247 e. The number of rotatable bonds is 5. The molecule has 1 N–H and O–H groups in total. The lowest BCUT2D eigenvalue weighted by molar-refractivity contribution is -0.574. The topological polar surface area (TPSA) is 19.7 Å². The van der Waals surface area contributed by atoms with Crippen molar-refractivity contribution < 1.29 is 4.57 Å². The lowest BCUT2D eigenvalue weighted by Gasteiger charge is -2.02. The van der Waals surface area contributed by atoms with Crippen molar-refractivity contribution in [3.8, 4) is 0 Å². The summed E-state index contributed by atoms with van der Waals surface area (Å²) in [6.07, 6.45) is 9.00. The second-order valence-corrected chi connectivity index (χ2v) is 4.24. The summed E-state index contributed by atoms with van der Waals surface area (Å²) in [5.41, 5.74) is 2.76. The van der Waals surface area contributed by atoms with E-state index in [1.807, 2.05) is 23.2 Å². The van der Waals surface area contributed by atoms with Crippen LogP contribution in [0.5, 0.6) is 0 Å².